The van der Waals surface area contributed by atoms with E-state index in [1.807, 2.05) is 30.3 Å². The average molecular weight is 276 g/mol. The lowest BCUT2D eigenvalue weighted by molar-refractivity contribution is -0.296. The molecule has 2 rings (SSSR count). The highest BCUT2D eigenvalue weighted by Crippen LogP contribution is 2.23. The first-order chi connectivity index (χ1) is 9.13. The van der Waals surface area contributed by atoms with Crippen LogP contribution in [0.4, 0.5) is 0 Å². The Kier molecular flexibility index (Phi) is 4.87. The van der Waals surface area contributed by atoms with Gasteiger partial charge in [0.25, 0.3) is 0 Å². The van der Waals surface area contributed by atoms with Crippen LogP contribution < -0.4 is 0 Å². The molecule has 0 amide bonds. The van der Waals surface area contributed by atoms with Crippen molar-refractivity contribution in [3.63, 3.8) is 0 Å². The summed E-state index contributed by atoms with van der Waals surface area (Å²) < 4.78 is 10.3. The van der Waals surface area contributed by atoms with E-state index < -0.39 is 37.3 Å². The SMILES string of the molecule is OC[C@H]1OC(O)[C@H](O)[C@@H](O[13CH2][13c]2c[13cH][13cH][13cH][13cH]2)[C@@H]1O. The normalized spacial score (nSPS) is 35.3. The van der Waals surface area contributed by atoms with Crippen LogP contribution in [0.25, 0.3) is 0 Å². The third-order valence-corrected chi connectivity index (χ3v) is 3.13. The first-order valence-corrected chi connectivity index (χ1v) is 6.09. The molecule has 0 aromatic heterocycles. The first kappa shape index (κ1) is 14.4. The van der Waals surface area contributed by atoms with Crippen molar-refractivity contribution >= 4 is 0 Å². The topological polar surface area (TPSA) is 99.4 Å². The Morgan fingerprint density at radius 3 is 2.37 bits per heavy atom. The minimum atomic E-state index is -1.48. The summed E-state index contributed by atoms with van der Waals surface area (Å²) in [5.41, 5.74) is 0.878. The van der Waals surface area contributed by atoms with E-state index in [0.717, 1.165) is 5.56 Å². The lowest BCUT2D eigenvalue weighted by Gasteiger charge is -2.39. The van der Waals surface area contributed by atoms with Crippen LogP contribution >= 0.6 is 0 Å². The molecule has 4 N–H and O–H groups in total. The Morgan fingerprint density at radius 1 is 1.05 bits per heavy atom. The lowest BCUT2D eigenvalue weighted by Crippen LogP contribution is -2.59. The number of aliphatic hydroxyl groups excluding tert-OH is 4. The van der Waals surface area contributed by atoms with Crippen LogP contribution in [0.3, 0.4) is 0 Å². The maximum atomic E-state index is 9.91. The number of ether oxygens (including phenoxy) is 2. The van der Waals surface area contributed by atoms with Crippen LogP contribution in [0, 0.1) is 0 Å². The van der Waals surface area contributed by atoms with Gasteiger partial charge in [0, 0.05) is 0 Å². The van der Waals surface area contributed by atoms with Gasteiger partial charge in [-0.25, -0.2) is 0 Å². The number of hydrogen-bond donors (Lipinski definition) is 4. The summed E-state index contributed by atoms with van der Waals surface area (Å²) in [5, 5.41) is 38.2. The van der Waals surface area contributed by atoms with Gasteiger partial charge in [-0.15, -0.1) is 0 Å². The van der Waals surface area contributed by atoms with Crippen molar-refractivity contribution in [2.75, 3.05) is 6.61 Å². The molecule has 6 nitrogen and oxygen atoms in total. The van der Waals surface area contributed by atoms with Gasteiger partial charge in [0.15, 0.2) is 6.29 Å². The summed E-state index contributed by atoms with van der Waals surface area (Å²) in [6, 6.07) is 9.26. The Bertz CT molecular complexity index is 384. The number of hydrogen-bond acceptors (Lipinski definition) is 6. The predicted octanol–water partition coefficient (Wildman–Crippen LogP) is -0.997. The van der Waals surface area contributed by atoms with Gasteiger partial charge in [-0.3, -0.25) is 0 Å². The predicted molar refractivity (Wildman–Crippen MR) is 65.0 cm³/mol. The Balaban J connectivity index is 2.00. The highest BCUT2D eigenvalue weighted by Gasteiger charge is 2.44. The monoisotopic (exact) mass is 276 g/mol. The maximum absolute atomic E-state index is 9.91. The van der Waals surface area contributed by atoms with Crippen molar-refractivity contribution in [1.29, 1.82) is 0 Å². The molecule has 1 heterocycles. The number of rotatable bonds is 4. The van der Waals surface area contributed by atoms with Crippen molar-refractivity contribution in [2.24, 2.45) is 0 Å². The van der Waals surface area contributed by atoms with E-state index in [1.54, 1.807) is 0 Å². The second-order valence-electron chi connectivity index (χ2n) is 4.49. The van der Waals surface area contributed by atoms with Crippen LogP contribution in [0.1, 0.15) is 5.56 Å². The summed E-state index contributed by atoms with van der Waals surface area (Å²) >= 11 is 0. The van der Waals surface area contributed by atoms with Gasteiger partial charge in [-0.1, -0.05) is 30.3 Å². The molecule has 1 aliphatic heterocycles. The second kappa shape index (κ2) is 6.42. The zero-order valence-corrected chi connectivity index (χ0v) is 10.3. The average Bonchev–Trinajstić information content (AvgIpc) is 2.44. The van der Waals surface area contributed by atoms with Gasteiger partial charge in [-0.2, -0.15) is 0 Å². The molecule has 106 valence electrons. The molecule has 5 atom stereocenters. The van der Waals surface area contributed by atoms with Crippen molar-refractivity contribution in [3.05, 3.63) is 35.9 Å². The van der Waals surface area contributed by atoms with Gasteiger partial charge in [-0.05, 0) is 5.56 Å². The lowest BCUT2D eigenvalue weighted by atomic mass is 9.99. The van der Waals surface area contributed by atoms with Crippen LogP contribution in [0.2, 0.25) is 0 Å². The quantitative estimate of drug-likeness (QED) is 0.527. The van der Waals surface area contributed by atoms with Crippen molar-refractivity contribution in [1.82, 2.24) is 0 Å². The maximum Gasteiger partial charge on any atom is 0.184 e. The van der Waals surface area contributed by atoms with E-state index in [-0.39, 0.29) is 6.61 Å². The van der Waals surface area contributed by atoms with E-state index in [2.05, 4.69) is 0 Å². The molecule has 19 heavy (non-hydrogen) atoms. The fourth-order valence-corrected chi connectivity index (χ4v) is 2.03. The van der Waals surface area contributed by atoms with Crippen molar-refractivity contribution in [3.8, 4) is 0 Å². The summed E-state index contributed by atoms with van der Waals surface area (Å²) in [4.78, 5) is 0. The Hall–Kier alpha value is -1.02. The number of benzene rings is 1. The largest absolute Gasteiger partial charge is 0.394 e. The van der Waals surface area contributed by atoms with E-state index in [4.69, 9.17) is 14.6 Å². The van der Waals surface area contributed by atoms with Gasteiger partial charge < -0.3 is 29.9 Å². The Morgan fingerprint density at radius 2 is 1.74 bits per heavy atom. The van der Waals surface area contributed by atoms with Crippen LogP contribution in [-0.2, 0) is 16.1 Å². The summed E-state index contributed by atoms with van der Waals surface area (Å²) in [6.45, 7) is -0.277. The smallest absolute Gasteiger partial charge is 0.184 e. The first-order valence-electron chi connectivity index (χ1n) is 6.09. The van der Waals surface area contributed by atoms with Gasteiger partial charge in [0.2, 0.25) is 0 Å². The van der Waals surface area contributed by atoms with E-state index >= 15 is 0 Å². The third kappa shape index (κ3) is 3.30. The summed E-state index contributed by atoms with van der Waals surface area (Å²) in [5.74, 6) is 0. The molecule has 6 heteroatoms. The Labute approximate surface area is 110 Å². The number of aliphatic hydroxyl groups is 4. The van der Waals surface area contributed by atoms with Crippen molar-refractivity contribution in [2.45, 2.75) is 37.3 Å². The van der Waals surface area contributed by atoms with E-state index in [9.17, 15) is 15.3 Å². The summed E-state index contributed by atoms with van der Waals surface area (Å²) in [7, 11) is 0. The highest BCUT2D eigenvalue weighted by molar-refractivity contribution is 5.13. The minimum absolute atomic E-state index is 0.185. The molecule has 0 radical (unpaired) electrons. The third-order valence-electron chi connectivity index (χ3n) is 3.13. The second-order valence-corrected chi connectivity index (χ2v) is 4.49. The molecule has 1 unspecified atom stereocenters. The standard InChI is InChI=1S/C13H18O6/c14-6-9-10(15)12(11(16)13(17)19-9)18-7-8-4-2-1-3-5-8/h1-5,9-17H,6-7H2/t9-,10-,11-,12+,13?/m1/s1/i1+1,2+1,3+1,4+1,7+1,8+1. The zero-order valence-electron chi connectivity index (χ0n) is 10.3. The fourth-order valence-electron chi connectivity index (χ4n) is 2.03. The molecule has 1 aliphatic rings. The van der Waals surface area contributed by atoms with E-state index in [1.165, 1.54) is 0 Å². The minimum Gasteiger partial charge on any atom is -0.394 e. The van der Waals surface area contributed by atoms with Crippen LogP contribution in [0.5, 0.6) is 0 Å². The molecule has 1 aromatic rings. The highest BCUT2D eigenvalue weighted by atomic mass is 16.7. The molecular weight excluding hydrogens is 258 g/mol. The molecule has 0 bridgehead atoms. The molecule has 0 aliphatic carbocycles. The van der Waals surface area contributed by atoms with Crippen LogP contribution in [0.15, 0.2) is 30.3 Å². The molecule has 0 spiro atoms. The van der Waals surface area contributed by atoms with Crippen LogP contribution in [-0.4, -0.2) is 57.7 Å². The van der Waals surface area contributed by atoms with Gasteiger partial charge in [0.05, 0.1) is 13.2 Å². The van der Waals surface area contributed by atoms with Gasteiger partial charge in [0.1, 0.15) is 24.4 Å². The van der Waals surface area contributed by atoms with Crippen molar-refractivity contribution < 1.29 is 29.9 Å². The summed E-state index contributed by atoms with van der Waals surface area (Å²) in [6.07, 6.45) is -6.03. The molecule has 1 aromatic carbocycles. The fraction of sp³-hybridized carbons (Fsp3) is 0.538. The molecule has 1 fully saturated rings. The molecular formula is C13H18O6. The molecule has 1 saturated heterocycles. The van der Waals surface area contributed by atoms with Gasteiger partial charge >= 0.3 is 0 Å². The van der Waals surface area contributed by atoms with E-state index in [0.29, 0.717) is 0 Å². The zero-order chi connectivity index (χ0) is 13.8. The molecule has 0 saturated carbocycles.